The second-order valence-electron chi connectivity index (χ2n) is 4.73. The number of nitrogens with one attached hydrogen (secondary N) is 1. The molecule has 0 aromatic heterocycles. The molecule has 112 valence electrons. The molecule has 1 aromatic rings. The molecule has 0 radical (unpaired) electrons. The molecule has 1 unspecified atom stereocenters. The first-order valence-electron chi connectivity index (χ1n) is 6.94. The van der Waals surface area contributed by atoms with E-state index in [9.17, 15) is 0 Å². The minimum Gasteiger partial charge on any atom is -0.352 e. The largest absolute Gasteiger partial charge is 0.352 e. The van der Waals surface area contributed by atoms with E-state index in [1.807, 2.05) is 13.1 Å². The van der Waals surface area contributed by atoms with Crippen LogP contribution in [0.2, 0.25) is 0 Å². The molecule has 0 aliphatic carbocycles. The molecule has 1 heterocycles. The van der Waals surface area contributed by atoms with Gasteiger partial charge in [0.15, 0.2) is 5.96 Å². The predicted octanol–water partition coefficient (Wildman–Crippen LogP) is 3.21. The van der Waals surface area contributed by atoms with Crippen LogP contribution in [0.3, 0.4) is 0 Å². The van der Waals surface area contributed by atoms with Crippen molar-refractivity contribution in [1.29, 1.82) is 0 Å². The molecule has 1 atom stereocenters. The van der Waals surface area contributed by atoms with Gasteiger partial charge in [-0.1, -0.05) is 37.3 Å². The van der Waals surface area contributed by atoms with Gasteiger partial charge in [-0.05, 0) is 12.0 Å². The van der Waals surface area contributed by atoms with E-state index in [1.165, 1.54) is 17.7 Å². The highest BCUT2D eigenvalue weighted by Crippen LogP contribution is 2.21. The number of benzene rings is 1. The Bertz CT molecular complexity index is 411. The third kappa shape index (κ3) is 5.16. The van der Waals surface area contributed by atoms with Crippen LogP contribution in [0.5, 0.6) is 0 Å². The number of halogens is 1. The van der Waals surface area contributed by atoms with Gasteiger partial charge < -0.3 is 10.2 Å². The molecule has 0 amide bonds. The van der Waals surface area contributed by atoms with E-state index in [2.05, 4.69) is 58.2 Å². The Hall–Kier alpha value is -0.430. The molecular weight excluding hydrogens is 381 g/mol. The second-order valence-corrected chi connectivity index (χ2v) is 6.14. The maximum Gasteiger partial charge on any atom is 0.193 e. The molecule has 1 N–H and O–H groups in total. The van der Waals surface area contributed by atoms with Crippen molar-refractivity contribution in [3.63, 3.8) is 0 Å². The van der Waals surface area contributed by atoms with Crippen molar-refractivity contribution in [2.75, 3.05) is 25.9 Å². The Labute approximate surface area is 143 Å². The smallest absolute Gasteiger partial charge is 0.193 e. The van der Waals surface area contributed by atoms with Crippen molar-refractivity contribution in [1.82, 2.24) is 10.2 Å². The van der Waals surface area contributed by atoms with Gasteiger partial charge in [0, 0.05) is 37.7 Å². The summed E-state index contributed by atoms with van der Waals surface area (Å²) in [5.41, 5.74) is 1.29. The van der Waals surface area contributed by atoms with Gasteiger partial charge in [0.1, 0.15) is 0 Å². The van der Waals surface area contributed by atoms with Crippen molar-refractivity contribution < 1.29 is 0 Å². The van der Waals surface area contributed by atoms with E-state index in [0.29, 0.717) is 0 Å². The zero-order valence-electron chi connectivity index (χ0n) is 12.2. The lowest BCUT2D eigenvalue weighted by Gasteiger charge is -2.34. The van der Waals surface area contributed by atoms with Crippen LogP contribution >= 0.6 is 35.7 Å². The van der Waals surface area contributed by atoms with Crippen LogP contribution in [0.4, 0.5) is 0 Å². The van der Waals surface area contributed by atoms with E-state index in [4.69, 9.17) is 0 Å². The monoisotopic (exact) mass is 405 g/mol. The summed E-state index contributed by atoms with van der Waals surface area (Å²) < 4.78 is 0. The lowest BCUT2D eigenvalue weighted by atomic mass is 10.2. The Balaban J connectivity index is 0.00000200. The van der Waals surface area contributed by atoms with Crippen LogP contribution in [-0.2, 0) is 6.54 Å². The Morgan fingerprint density at radius 3 is 2.80 bits per heavy atom. The summed E-state index contributed by atoms with van der Waals surface area (Å²) in [5, 5.41) is 4.21. The van der Waals surface area contributed by atoms with Crippen LogP contribution < -0.4 is 5.32 Å². The minimum atomic E-state index is 0. The summed E-state index contributed by atoms with van der Waals surface area (Å²) >= 11 is 2.08. The summed E-state index contributed by atoms with van der Waals surface area (Å²) in [6.45, 7) is 5.31. The van der Waals surface area contributed by atoms with Crippen molar-refractivity contribution in [3.05, 3.63) is 35.9 Å². The average Bonchev–Trinajstić information content (AvgIpc) is 2.49. The Morgan fingerprint density at radius 2 is 2.15 bits per heavy atom. The van der Waals surface area contributed by atoms with Gasteiger partial charge in [-0.3, -0.25) is 4.99 Å². The number of aliphatic imine (C=N–C) groups is 1. The number of hydrogen-bond donors (Lipinski definition) is 1. The molecule has 1 aromatic carbocycles. The predicted molar refractivity (Wildman–Crippen MR) is 100 cm³/mol. The fraction of sp³-hybridized carbons (Fsp3) is 0.533. The molecule has 0 saturated carbocycles. The molecule has 0 bridgehead atoms. The molecule has 1 saturated heterocycles. The first kappa shape index (κ1) is 17.6. The van der Waals surface area contributed by atoms with Crippen LogP contribution in [-0.4, -0.2) is 42.0 Å². The summed E-state index contributed by atoms with van der Waals surface area (Å²) in [6.07, 6.45) is 1.23. The van der Waals surface area contributed by atoms with Crippen LogP contribution in [0.1, 0.15) is 18.9 Å². The minimum absolute atomic E-state index is 0. The molecule has 1 aliphatic rings. The first-order valence-corrected chi connectivity index (χ1v) is 7.99. The van der Waals surface area contributed by atoms with E-state index in [0.717, 1.165) is 30.8 Å². The molecule has 1 fully saturated rings. The average molecular weight is 405 g/mol. The quantitative estimate of drug-likeness (QED) is 0.476. The van der Waals surface area contributed by atoms with Gasteiger partial charge in [-0.15, -0.1) is 24.0 Å². The highest BCUT2D eigenvalue weighted by molar-refractivity contribution is 14.0. The molecule has 1 aliphatic heterocycles. The number of guanidine groups is 1. The number of nitrogens with zero attached hydrogens (tertiary/aromatic N) is 2. The van der Waals surface area contributed by atoms with Gasteiger partial charge in [0.05, 0.1) is 0 Å². The highest BCUT2D eigenvalue weighted by Gasteiger charge is 2.21. The zero-order chi connectivity index (χ0) is 13.5. The van der Waals surface area contributed by atoms with E-state index in [-0.39, 0.29) is 24.0 Å². The first-order chi connectivity index (χ1) is 9.33. The van der Waals surface area contributed by atoms with Crippen LogP contribution in [0.15, 0.2) is 35.3 Å². The normalized spacial score (nSPS) is 19.4. The van der Waals surface area contributed by atoms with Crippen molar-refractivity contribution in [2.45, 2.75) is 25.1 Å². The summed E-state index contributed by atoms with van der Waals surface area (Å²) in [5.74, 6) is 2.23. The number of thioether (sulfide) groups is 1. The standard InChI is InChI=1S/C15H23N3S.HI/c1-3-14-12-18(9-10-19-14)15(16-2)17-11-13-7-5-4-6-8-13;/h4-8,14H,3,9-12H2,1-2H3,(H,16,17);1H. The van der Waals surface area contributed by atoms with Gasteiger partial charge in [0.2, 0.25) is 0 Å². The molecule has 20 heavy (non-hydrogen) atoms. The second kappa shape index (κ2) is 9.50. The topological polar surface area (TPSA) is 27.6 Å². The van der Waals surface area contributed by atoms with Crippen LogP contribution in [0, 0.1) is 0 Å². The number of hydrogen-bond acceptors (Lipinski definition) is 2. The van der Waals surface area contributed by atoms with E-state index >= 15 is 0 Å². The SMILES string of the molecule is CCC1CN(C(=NC)NCc2ccccc2)CCS1.I. The Morgan fingerprint density at radius 1 is 1.40 bits per heavy atom. The third-order valence-corrected chi connectivity index (χ3v) is 4.77. The lowest BCUT2D eigenvalue weighted by molar-refractivity contribution is 0.408. The third-order valence-electron chi connectivity index (χ3n) is 3.40. The summed E-state index contributed by atoms with van der Waals surface area (Å²) in [6, 6.07) is 10.5. The maximum atomic E-state index is 4.42. The fourth-order valence-electron chi connectivity index (χ4n) is 2.27. The van der Waals surface area contributed by atoms with Gasteiger partial charge in [0.25, 0.3) is 0 Å². The van der Waals surface area contributed by atoms with Gasteiger partial charge >= 0.3 is 0 Å². The van der Waals surface area contributed by atoms with Crippen molar-refractivity contribution in [3.8, 4) is 0 Å². The summed E-state index contributed by atoms with van der Waals surface area (Å²) in [7, 11) is 1.87. The molecule has 3 nitrogen and oxygen atoms in total. The van der Waals surface area contributed by atoms with Gasteiger partial charge in [-0.25, -0.2) is 0 Å². The van der Waals surface area contributed by atoms with E-state index in [1.54, 1.807) is 0 Å². The van der Waals surface area contributed by atoms with Gasteiger partial charge in [-0.2, -0.15) is 11.8 Å². The summed E-state index contributed by atoms with van der Waals surface area (Å²) in [4.78, 5) is 6.80. The maximum absolute atomic E-state index is 4.42. The molecular formula is C15H24IN3S. The molecule has 5 heteroatoms. The zero-order valence-corrected chi connectivity index (χ0v) is 15.4. The van der Waals surface area contributed by atoms with Crippen molar-refractivity contribution in [2.24, 2.45) is 4.99 Å². The highest BCUT2D eigenvalue weighted by atomic mass is 127. The molecule has 0 spiro atoms. The van der Waals surface area contributed by atoms with Crippen LogP contribution in [0.25, 0.3) is 0 Å². The number of rotatable bonds is 3. The lowest BCUT2D eigenvalue weighted by Crippen LogP contribution is -2.47. The fourth-order valence-corrected chi connectivity index (χ4v) is 3.45. The van der Waals surface area contributed by atoms with Crippen molar-refractivity contribution >= 4 is 41.7 Å². The van der Waals surface area contributed by atoms with E-state index < -0.39 is 0 Å². The molecule has 2 rings (SSSR count). The Kier molecular flexibility index (Phi) is 8.37.